The van der Waals surface area contributed by atoms with Crippen LogP contribution in [0.15, 0.2) is 24.5 Å². The van der Waals surface area contributed by atoms with E-state index in [0.717, 1.165) is 18.8 Å². The summed E-state index contributed by atoms with van der Waals surface area (Å²) in [7, 11) is 0. The zero-order valence-corrected chi connectivity index (χ0v) is 6.23. The minimum Gasteiger partial charge on any atom is -0.404 e. The standard InChI is InChI=1S/C8H10N2O/c1-3-8(7-9-4-1)11-10-5-2-6-10/h1,3-4,7H,2,5-6H2. The lowest BCUT2D eigenvalue weighted by Gasteiger charge is -2.29. The van der Waals surface area contributed by atoms with E-state index in [1.165, 1.54) is 6.42 Å². The summed E-state index contributed by atoms with van der Waals surface area (Å²) in [4.78, 5) is 9.37. The van der Waals surface area contributed by atoms with Gasteiger partial charge in [-0.3, -0.25) is 4.98 Å². The second-order valence-electron chi connectivity index (χ2n) is 2.56. The number of nitrogens with zero attached hydrogens (tertiary/aromatic N) is 2. The summed E-state index contributed by atoms with van der Waals surface area (Å²) in [5, 5.41) is 1.93. The van der Waals surface area contributed by atoms with E-state index < -0.39 is 0 Å². The lowest BCUT2D eigenvalue weighted by Crippen LogP contribution is -2.39. The van der Waals surface area contributed by atoms with Gasteiger partial charge in [-0.05, 0) is 18.6 Å². The van der Waals surface area contributed by atoms with Gasteiger partial charge in [0.05, 0.1) is 6.20 Å². The molecule has 1 aromatic rings. The number of hydrogen-bond acceptors (Lipinski definition) is 3. The van der Waals surface area contributed by atoms with Gasteiger partial charge in [0.2, 0.25) is 0 Å². The highest BCUT2D eigenvalue weighted by atomic mass is 16.7. The molecule has 0 bridgehead atoms. The van der Waals surface area contributed by atoms with Crippen LogP contribution in [0.2, 0.25) is 0 Å². The van der Waals surface area contributed by atoms with Crippen molar-refractivity contribution in [2.24, 2.45) is 0 Å². The molecule has 1 aliphatic rings. The quantitative estimate of drug-likeness (QED) is 0.630. The number of pyridine rings is 1. The van der Waals surface area contributed by atoms with E-state index in [9.17, 15) is 0 Å². The number of hydrogen-bond donors (Lipinski definition) is 0. The molecule has 3 nitrogen and oxygen atoms in total. The Morgan fingerprint density at radius 3 is 2.91 bits per heavy atom. The molecule has 0 aromatic carbocycles. The van der Waals surface area contributed by atoms with Crippen molar-refractivity contribution in [3.63, 3.8) is 0 Å². The van der Waals surface area contributed by atoms with Crippen molar-refractivity contribution >= 4 is 0 Å². The molecule has 1 aromatic heterocycles. The molecule has 1 aliphatic heterocycles. The third kappa shape index (κ3) is 1.49. The Kier molecular flexibility index (Phi) is 1.73. The minimum absolute atomic E-state index is 0.826. The average molecular weight is 150 g/mol. The Balaban J connectivity index is 1.95. The fraction of sp³-hybridized carbons (Fsp3) is 0.375. The van der Waals surface area contributed by atoms with Crippen LogP contribution in [0.25, 0.3) is 0 Å². The third-order valence-electron chi connectivity index (χ3n) is 1.68. The van der Waals surface area contributed by atoms with Crippen molar-refractivity contribution in [3.05, 3.63) is 24.5 Å². The lowest BCUT2D eigenvalue weighted by atomic mass is 10.3. The van der Waals surface area contributed by atoms with Gasteiger partial charge in [-0.15, -0.1) is 5.06 Å². The topological polar surface area (TPSA) is 25.4 Å². The van der Waals surface area contributed by atoms with E-state index in [0.29, 0.717) is 0 Å². The average Bonchev–Trinajstić information content (AvgIpc) is 1.99. The van der Waals surface area contributed by atoms with Crippen molar-refractivity contribution in [1.82, 2.24) is 10.0 Å². The smallest absolute Gasteiger partial charge is 0.165 e. The molecule has 0 amide bonds. The van der Waals surface area contributed by atoms with Gasteiger partial charge >= 0.3 is 0 Å². The number of hydroxylamine groups is 2. The van der Waals surface area contributed by atoms with Gasteiger partial charge in [-0.25, -0.2) is 0 Å². The molecule has 1 saturated heterocycles. The fourth-order valence-corrected chi connectivity index (χ4v) is 0.929. The maximum absolute atomic E-state index is 5.42. The first-order chi connectivity index (χ1) is 5.45. The molecule has 58 valence electrons. The Bertz CT molecular complexity index is 221. The van der Waals surface area contributed by atoms with E-state index in [2.05, 4.69) is 4.98 Å². The van der Waals surface area contributed by atoms with E-state index in [1.807, 2.05) is 17.2 Å². The zero-order chi connectivity index (χ0) is 7.52. The summed E-state index contributed by atoms with van der Waals surface area (Å²) < 4.78 is 0. The molecule has 2 rings (SSSR count). The molecule has 2 heterocycles. The highest BCUT2D eigenvalue weighted by Gasteiger charge is 2.14. The summed E-state index contributed by atoms with van der Waals surface area (Å²) in [6.45, 7) is 2.07. The van der Waals surface area contributed by atoms with Crippen LogP contribution < -0.4 is 4.84 Å². The first kappa shape index (κ1) is 6.61. The van der Waals surface area contributed by atoms with Crippen LogP contribution in [0, 0.1) is 0 Å². The largest absolute Gasteiger partial charge is 0.404 e. The first-order valence-corrected chi connectivity index (χ1v) is 3.78. The summed E-state index contributed by atoms with van der Waals surface area (Å²) in [5.41, 5.74) is 0. The summed E-state index contributed by atoms with van der Waals surface area (Å²) >= 11 is 0. The van der Waals surface area contributed by atoms with Crippen LogP contribution >= 0.6 is 0 Å². The van der Waals surface area contributed by atoms with E-state index >= 15 is 0 Å². The SMILES string of the molecule is c1cncc(ON2CCC2)c1. The van der Waals surface area contributed by atoms with Crippen molar-refractivity contribution in [2.75, 3.05) is 13.1 Å². The van der Waals surface area contributed by atoms with Gasteiger partial charge in [-0.1, -0.05) is 0 Å². The molecule has 0 saturated carbocycles. The number of rotatable bonds is 2. The van der Waals surface area contributed by atoms with Gasteiger partial charge in [-0.2, -0.15) is 0 Å². The maximum Gasteiger partial charge on any atom is 0.165 e. The van der Waals surface area contributed by atoms with E-state index in [4.69, 9.17) is 4.84 Å². The van der Waals surface area contributed by atoms with Gasteiger partial charge in [0.25, 0.3) is 0 Å². The predicted octanol–water partition coefficient (Wildman–Crippen LogP) is 1.08. The highest BCUT2D eigenvalue weighted by molar-refractivity contribution is 5.14. The van der Waals surface area contributed by atoms with Crippen molar-refractivity contribution < 1.29 is 4.84 Å². The van der Waals surface area contributed by atoms with Crippen molar-refractivity contribution in [3.8, 4) is 5.75 Å². The van der Waals surface area contributed by atoms with Crippen LogP contribution in [-0.2, 0) is 0 Å². The number of aromatic nitrogens is 1. The Labute approximate surface area is 65.6 Å². The monoisotopic (exact) mass is 150 g/mol. The van der Waals surface area contributed by atoms with Gasteiger partial charge in [0.15, 0.2) is 5.75 Å². The molecule has 0 aliphatic carbocycles. The maximum atomic E-state index is 5.42. The molecule has 3 heteroatoms. The molecule has 0 radical (unpaired) electrons. The second kappa shape index (κ2) is 2.88. The lowest BCUT2D eigenvalue weighted by molar-refractivity contribution is -0.107. The molecule has 1 fully saturated rings. The molecular formula is C8H10N2O. The summed E-state index contributed by atoms with van der Waals surface area (Å²) in [5.74, 6) is 0.826. The molecule has 0 atom stereocenters. The normalized spacial score (nSPS) is 17.5. The van der Waals surface area contributed by atoms with E-state index in [1.54, 1.807) is 12.4 Å². The van der Waals surface area contributed by atoms with Gasteiger partial charge in [0.1, 0.15) is 0 Å². The van der Waals surface area contributed by atoms with Crippen molar-refractivity contribution in [1.29, 1.82) is 0 Å². The van der Waals surface area contributed by atoms with Crippen LogP contribution in [0.1, 0.15) is 6.42 Å². The van der Waals surface area contributed by atoms with Crippen LogP contribution in [-0.4, -0.2) is 23.1 Å². The van der Waals surface area contributed by atoms with E-state index in [-0.39, 0.29) is 0 Å². The molecular weight excluding hydrogens is 140 g/mol. The first-order valence-electron chi connectivity index (χ1n) is 3.78. The Morgan fingerprint density at radius 2 is 2.36 bits per heavy atom. The van der Waals surface area contributed by atoms with Gasteiger partial charge in [0, 0.05) is 19.3 Å². The minimum atomic E-state index is 0.826. The molecule has 11 heavy (non-hydrogen) atoms. The van der Waals surface area contributed by atoms with Crippen molar-refractivity contribution in [2.45, 2.75) is 6.42 Å². The zero-order valence-electron chi connectivity index (χ0n) is 6.23. The second-order valence-corrected chi connectivity index (χ2v) is 2.56. The van der Waals surface area contributed by atoms with Crippen LogP contribution in [0.3, 0.4) is 0 Å². The third-order valence-corrected chi connectivity index (χ3v) is 1.68. The fourth-order valence-electron chi connectivity index (χ4n) is 0.929. The van der Waals surface area contributed by atoms with Crippen LogP contribution in [0.4, 0.5) is 0 Å². The summed E-state index contributed by atoms with van der Waals surface area (Å²) in [6.07, 6.45) is 4.70. The highest BCUT2D eigenvalue weighted by Crippen LogP contribution is 2.13. The predicted molar refractivity (Wildman–Crippen MR) is 41.1 cm³/mol. The molecule has 0 unspecified atom stereocenters. The molecule has 0 N–H and O–H groups in total. The Hall–Kier alpha value is -1.09. The van der Waals surface area contributed by atoms with Crippen LogP contribution in [0.5, 0.6) is 5.75 Å². The molecule has 0 spiro atoms. The summed E-state index contributed by atoms with van der Waals surface area (Å²) in [6, 6.07) is 3.78. The van der Waals surface area contributed by atoms with Gasteiger partial charge < -0.3 is 4.84 Å². The Morgan fingerprint density at radius 1 is 1.45 bits per heavy atom.